The van der Waals surface area contributed by atoms with E-state index in [9.17, 15) is 38.7 Å². The number of aliphatic hydroxyl groups excluding tert-OH is 3. The number of esters is 1. The Morgan fingerprint density at radius 3 is 2.10 bits per heavy atom. The van der Waals surface area contributed by atoms with E-state index in [1.807, 2.05) is 34.7 Å². The zero-order chi connectivity index (χ0) is 45.9. The fourth-order valence-corrected chi connectivity index (χ4v) is 10.0. The quantitative estimate of drug-likeness (QED) is 0.115. The van der Waals surface area contributed by atoms with Crippen LogP contribution in [0.4, 0.5) is 0 Å². The number of likely N-dealkylation sites (N-methyl/N-ethyl adjacent to an activating group) is 1. The molecule has 17 nitrogen and oxygen atoms in total. The molecule has 3 rings (SSSR count). The molecule has 3 aliphatic rings. The number of hydrogen-bond donors (Lipinski definition) is 6. The normalized spacial score (nSPS) is 45.7. The minimum atomic E-state index is -3.54. The fraction of sp³-hybridized carbons (Fsp3) is 0.976. The second-order valence-electron chi connectivity index (χ2n) is 19.0. The summed E-state index contributed by atoms with van der Waals surface area (Å²) < 4.78 is 70.3. The van der Waals surface area contributed by atoms with Gasteiger partial charge in [0, 0.05) is 44.0 Å². The number of hydrogen-bond acceptors (Lipinski definition) is 16. The Kier molecular flexibility index (Phi) is 18.9. The van der Waals surface area contributed by atoms with E-state index >= 15 is 0 Å². The van der Waals surface area contributed by atoms with Gasteiger partial charge in [-0.2, -0.15) is 0 Å². The monoisotopic (exact) mass is 885 g/mol. The summed E-state index contributed by atoms with van der Waals surface area (Å²) in [5, 5.41) is 59.6. The van der Waals surface area contributed by atoms with Crippen LogP contribution in [0, 0.1) is 23.7 Å². The number of rotatable bonds is 13. The van der Waals surface area contributed by atoms with Crippen molar-refractivity contribution in [3.8, 4) is 0 Å². The number of aliphatic hydroxyl groups is 5. The van der Waals surface area contributed by atoms with Crippen molar-refractivity contribution < 1.29 is 71.9 Å². The summed E-state index contributed by atoms with van der Waals surface area (Å²) in [4.78, 5) is 16.4. The molecule has 354 valence electrons. The maximum atomic E-state index is 14.4. The van der Waals surface area contributed by atoms with E-state index in [0.717, 1.165) is 6.26 Å². The molecule has 60 heavy (non-hydrogen) atoms. The second kappa shape index (κ2) is 21.3. The van der Waals surface area contributed by atoms with E-state index < -0.39 is 118 Å². The van der Waals surface area contributed by atoms with Crippen LogP contribution >= 0.6 is 0 Å². The molecule has 0 spiro atoms. The van der Waals surface area contributed by atoms with E-state index in [4.69, 9.17) is 33.2 Å². The highest BCUT2D eigenvalue weighted by atomic mass is 32.2. The van der Waals surface area contributed by atoms with Crippen molar-refractivity contribution in [1.82, 2.24) is 9.62 Å². The average Bonchev–Trinajstić information content (AvgIpc) is 3.15. The first kappa shape index (κ1) is 53.2. The number of sulfonamides is 1. The number of nitrogens with one attached hydrogen (secondary N) is 1. The van der Waals surface area contributed by atoms with E-state index in [2.05, 4.69) is 9.62 Å². The molecule has 19 atom stereocenters. The highest BCUT2D eigenvalue weighted by Crippen LogP contribution is 2.42. The lowest BCUT2D eigenvalue weighted by Crippen LogP contribution is -2.62. The molecule has 18 heteroatoms. The first-order valence-electron chi connectivity index (χ1n) is 21.7. The Hall–Kier alpha value is -1.10. The molecule has 3 aliphatic heterocycles. The van der Waals surface area contributed by atoms with Gasteiger partial charge < -0.3 is 58.7 Å². The maximum absolute atomic E-state index is 14.4. The van der Waals surface area contributed by atoms with E-state index in [0.29, 0.717) is 6.42 Å². The Morgan fingerprint density at radius 1 is 0.933 bits per heavy atom. The minimum absolute atomic E-state index is 0.0350. The molecule has 6 N–H and O–H groups in total. The molecular weight excluding hydrogens is 805 g/mol. The average molecular weight is 885 g/mol. The van der Waals surface area contributed by atoms with Crippen LogP contribution in [0.3, 0.4) is 0 Å². The van der Waals surface area contributed by atoms with Crippen molar-refractivity contribution in [2.24, 2.45) is 23.7 Å². The predicted molar refractivity (Wildman–Crippen MR) is 223 cm³/mol. The zero-order valence-electron chi connectivity index (χ0n) is 38.7. The van der Waals surface area contributed by atoms with Gasteiger partial charge >= 0.3 is 5.97 Å². The van der Waals surface area contributed by atoms with Crippen molar-refractivity contribution in [2.75, 3.05) is 33.6 Å². The van der Waals surface area contributed by atoms with Crippen LogP contribution in [0.1, 0.15) is 109 Å². The third kappa shape index (κ3) is 12.8. The lowest BCUT2D eigenvalue weighted by molar-refractivity contribution is -0.319. The van der Waals surface area contributed by atoms with Gasteiger partial charge in [-0.1, -0.05) is 27.7 Å². The van der Waals surface area contributed by atoms with Crippen LogP contribution in [0.5, 0.6) is 0 Å². The molecule has 0 aromatic rings. The van der Waals surface area contributed by atoms with Gasteiger partial charge in [-0.3, -0.25) is 9.69 Å². The van der Waals surface area contributed by atoms with Crippen molar-refractivity contribution in [3.05, 3.63) is 0 Å². The molecule has 0 bridgehead atoms. The van der Waals surface area contributed by atoms with Crippen LogP contribution in [0.25, 0.3) is 0 Å². The molecule has 0 aliphatic carbocycles. The molecular formula is C42H80N2O15S. The van der Waals surface area contributed by atoms with Crippen molar-refractivity contribution in [3.63, 3.8) is 0 Å². The van der Waals surface area contributed by atoms with Gasteiger partial charge in [0.15, 0.2) is 12.6 Å². The third-order valence-electron chi connectivity index (χ3n) is 13.5. The lowest BCUT2D eigenvalue weighted by Gasteiger charge is -2.50. The van der Waals surface area contributed by atoms with Gasteiger partial charge in [-0.05, 0) is 87.6 Å². The number of carbonyl (C=O) groups excluding carboxylic acids is 1. The van der Waals surface area contributed by atoms with E-state index in [1.54, 1.807) is 48.5 Å². The molecule has 0 unspecified atom stereocenters. The summed E-state index contributed by atoms with van der Waals surface area (Å²) >= 11 is 0. The third-order valence-corrected chi connectivity index (χ3v) is 14.2. The largest absolute Gasteiger partial charge is 0.459 e. The van der Waals surface area contributed by atoms with Gasteiger partial charge in [0.25, 0.3) is 0 Å². The summed E-state index contributed by atoms with van der Waals surface area (Å²) in [6.45, 7) is 20.8. The maximum Gasteiger partial charge on any atom is 0.311 e. The van der Waals surface area contributed by atoms with E-state index in [1.165, 1.54) is 14.0 Å². The van der Waals surface area contributed by atoms with Gasteiger partial charge in [-0.15, -0.1) is 0 Å². The van der Waals surface area contributed by atoms with E-state index in [-0.39, 0.29) is 50.6 Å². The molecule has 3 fully saturated rings. The number of ether oxygens (including phenoxy) is 7. The highest BCUT2D eigenvalue weighted by Gasteiger charge is 2.54. The Morgan fingerprint density at radius 2 is 1.55 bits per heavy atom. The number of methoxy groups -OCH3 is 1. The Balaban J connectivity index is 2.23. The highest BCUT2D eigenvalue weighted by molar-refractivity contribution is 7.88. The van der Waals surface area contributed by atoms with Crippen LogP contribution in [-0.2, 0) is 48.0 Å². The molecule has 0 aromatic carbocycles. The second-order valence-corrected chi connectivity index (χ2v) is 20.8. The number of carbonyl (C=O) groups is 1. The first-order chi connectivity index (χ1) is 27.5. The first-order valence-corrected chi connectivity index (χ1v) is 23.6. The molecule has 0 radical (unpaired) electrons. The van der Waals surface area contributed by atoms with Gasteiger partial charge in [0.1, 0.15) is 23.9 Å². The molecule has 0 aromatic heterocycles. The van der Waals surface area contributed by atoms with Gasteiger partial charge in [-0.25, -0.2) is 13.1 Å². The van der Waals surface area contributed by atoms with Crippen molar-refractivity contribution in [2.45, 2.75) is 205 Å². The summed E-state index contributed by atoms with van der Waals surface area (Å²) in [5.74, 6) is -4.13. The Labute approximate surface area is 359 Å². The zero-order valence-corrected chi connectivity index (χ0v) is 39.5. The lowest BCUT2D eigenvalue weighted by atomic mass is 9.73. The summed E-state index contributed by atoms with van der Waals surface area (Å²) in [7, 11) is -0.139. The Bertz CT molecular complexity index is 1470. The fourth-order valence-electron chi connectivity index (χ4n) is 9.59. The molecule has 0 saturated carbocycles. The van der Waals surface area contributed by atoms with Crippen LogP contribution < -0.4 is 4.72 Å². The summed E-state index contributed by atoms with van der Waals surface area (Å²) in [6.07, 6.45) is -9.63. The van der Waals surface area contributed by atoms with Crippen molar-refractivity contribution >= 4 is 16.0 Å². The number of cyclic esters (lactones) is 1. The van der Waals surface area contributed by atoms with Crippen molar-refractivity contribution in [1.29, 1.82) is 0 Å². The standard InChI is InChI=1S/C42H80N2O15S/c1-16-30-42(12,50)35(46)25(6)33(54-18-17-43-60(15,51)52)23(4)20-40(10,49)37(59-39-32(45)29(19-24(5)55-39)44(13)22(2)3)26(7)34(27(8)38(48)57-30)58-31-21-41(11,53-14)36(47)28(9)56-31/h22-37,39,43,45-47,49-50H,16-21H2,1-15H3/t23-,24-,25+,26+,27-,28+,29+,30-,31+,32-,33+,34+,35-,36+,37-,39+,40-,41-,42-/m1/s1. The van der Waals surface area contributed by atoms with Crippen LogP contribution in [0.15, 0.2) is 0 Å². The summed E-state index contributed by atoms with van der Waals surface area (Å²) in [5.41, 5.74) is -4.85. The molecule has 0 amide bonds. The van der Waals surface area contributed by atoms with Gasteiger partial charge in [0.05, 0.1) is 66.6 Å². The van der Waals surface area contributed by atoms with Crippen LogP contribution in [0.2, 0.25) is 0 Å². The predicted octanol–water partition coefficient (Wildman–Crippen LogP) is 1.93. The minimum Gasteiger partial charge on any atom is -0.459 e. The summed E-state index contributed by atoms with van der Waals surface area (Å²) in [6, 6.07) is -0.270. The van der Waals surface area contributed by atoms with Gasteiger partial charge in [0.2, 0.25) is 10.0 Å². The smallest absolute Gasteiger partial charge is 0.311 e. The topological polar surface area (TPSA) is 232 Å². The van der Waals surface area contributed by atoms with Crippen LogP contribution in [-0.4, -0.2) is 175 Å². The molecule has 3 heterocycles. The number of nitrogens with zero attached hydrogens (tertiary/aromatic N) is 1. The molecule has 3 saturated heterocycles. The SMILES string of the molecule is CC[C@H]1OC(=O)[C@H](C)[C@@H](O[C@H]2C[C@@](C)(OC)[C@@H](O)[C@H](C)O2)[C@H](C)[C@@H](O[C@@H]2O[C@H](C)C[C@H](N(C)C(C)C)[C@H]2O)[C@](C)(O)C[C@@H](C)[C@H](OCCNS(C)(=O)=O)[C@H](C)[C@@H](O)[C@]1(C)O.